The molecule has 0 aliphatic rings. The molecule has 0 saturated heterocycles. The first-order valence-electron chi connectivity index (χ1n) is 8.37. The molecule has 2 rings (SSSR count). The number of methoxy groups -OCH3 is 2. The summed E-state index contributed by atoms with van der Waals surface area (Å²) >= 11 is 0. The minimum atomic E-state index is -0.381. The Bertz CT molecular complexity index is 789. The van der Waals surface area contributed by atoms with Crippen LogP contribution in [0.4, 0.5) is 11.4 Å². The van der Waals surface area contributed by atoms with E-state index in [1.807, 2.05) is 38.1 Å². The van der Waals surface area contributed by atoms with Gasteiger partial charge in [-0.25, -0.2) is 0 Å². The second-order valence-corrected chi connectivity index (χ2v) is 5.77. The third-order valence-corrected chi connectivity index (χ3v) is 3.91. The van der Waals surface area contributed by atoms with Crippen molar-refractivity contribution in [3.05, 3.63) is 48.0 Å². The number of hydrogen-bond donors (Lipinski definition) is 1. The first-order chi connectivity index (χ1) is 12.5. The number of carbonyl (C=O) groups excluding carboxylic acids is 2. The van der Waals surface area contributed by atoms with Gasteiger partial charge in [0.25, 0.3) is 0 Å². The number of ether oxygens (including phenoxy) is 2. The van der Waals surface area contributed by atoms with Crippen LogP contribution in [0.5, 0.6) is 11.5 Å². The smallest absolute Gasteiger partial charge is 0.236 e. The maximum Gasteiger partial charge on any atom is 0.236 e. The largest absolute Gasteiger partial charge is 0.493 e. The van der Waals surface area contributed by atoms with Crippen LogP contribution in [-0.4, -0.2) is 32.6 Å². The number of aryl methyl sites for hydroxylation is 1. The summed E-state index contributed by atoms with van der Waals surface area (Å²) in [5, 5.41) is 2.72. The van der Waals surface area contributed by atoms with Crippen molar-refractivity contribution in [2.75, 3.05) is 31.0 Å². The van der Waals surface area contributed by atoms with Crippen LogP contribution >= 0.6 is 0 Å². The molecule has 0 heterocycles. The molecule has 0 atom stereocenters. The molecule has 0 aliphatic carbocycles. The van der Waals surface area contributed by atoms with Gasteiger partial charge >= 0.3 is 0 Å². The Balaban J connectivity index is 2.05. The van der Waals surface area contributed by atoms with Crippen LogP contribution < -0.4 is 19.7 Å². The predicted molar refractivity (Wildman–Crippen MR) is 102 cm³/mol. The highest BCUT2D eigenvalue weighted by atomic mass is 16.5. The van der Waals surface area contributed by atoms with Gasteiger partial charge in [0.1, 0.15) is 6.42 Å². The third kappa shape index (κ3) is 4.75. The van der Waals surface area contributed by atoms with Crippen molar-refractivity contribution in [2.45, 2.75) is 20.3 Å². The zero-order valence-electron chi connectivity index (χ0n) is 15.5. The van der Waals surface area contributed by atoms with Crippen LogP contribution in [0.3, 0.4) is 0 Å². The van der Waals surface area contributed by atoms with E-state index in [4.69, 9.17) is 9.47 Å². The van der Waals surface area contributed by atoms with Gasteiger partial charge in [-0.15, -0.1) is 0 Å². The van der Waals surface area contributed by atoms with Gasteiger partial charge in [0.2, 0.25) is 11.8 Å². The van der Waals surface area contributed by atoms with Crippen LogP contribution in [0, 0.1) is 6.92 Å². The molecular weight excluding hydrogens is 332 g/mol. The zero-order chi connectivity index (χ0) is 19.1. The topological polar surface area (TPSA) is 67.9 Å². The fraction of sp³-hybridized carbons (Fsp3) is 0.300. The van der Waals surface area contributed by atoms with Crippen molar-refractivity contribution in [3.63, 3.8) is 0 Å². The van der Waals surface area contributed by atoms with Crippen LogP contribution in [-0.2, 0) is 9.59 Å². The molecule has 0 radical (unpaired) electrons. The second kappa shape index (κ2) is 8.89. The van der Waals surface area contributed by atoms with Gasteiger partial charge in [0.05, 0.1) is 14.2 Å². The van der Waals surface area contributed by atoms with Crippen LogP contribution in [0.2, 0.25) is 0 Å². The molecule has 138 valence electrons. The number of nitrogens with zero attached hydrogens (tertiary/aromatic N) is 1. The van der Waals surface area contributed by atoms with Crippen molar-refractivity contribution >= 4 is 23.2 Å². The molecule has 26 heavy (non-hydrogen) atoms. The summed E-state index contributed by atoms with van der Waals surface area (Å²) in [6.45, 7) is 4.34. The molecule has 0 aromatic heterocycles. The van der Waals surface area contributed by atoms with Gasteiger partial charge in [0, 0.05) is 24.0 Å². The molecule has 2 aromatic rings. The van der Waals surface area contributed by atoms with Crippen LogP contribution in [0.25, 0.3) is 0 Å². The minimum Gasteiger partial charge on any atom is -0.493 e. The van der Waals surface area contributed by atoms with E-state index in [9.17, 15) is 9.59 Å². The SMILES string of the molecule is CCN(C(=O)CC(=O)Nc1ccc(OC)c(OC)c1)c1cccc(C)c1. The lowest BCUT2D eigenvalue weighted by Crippen LogP contribution is -2.33. The van der Waals surface area contributed by atoms with Gasteiger partial charge in [-0.05, 0) is 43.7 Å². The van der Waals surface area contributed by atoms with Gasteiger partial charge < -0.3 is 19.7 Å². The molecule has 0 spiro atoms. The maximum absolute atomic E-state index is 12.5. The van der Waals surface area contributed by atoms with E-state index in [2.05, 4.69) is 5.32 Å². The Morgan fingerprint density at radius 1 is 1.04 bits per heavy atom. The normalized spacial score (nSPS) is 10.2. The molecule has 0 fully saturated rings. The Labute approximate surface area is 153 Å². The Morgan fingerprint density at radius 3 is 2.38 bits per heavy atom. The lowest BCUT2D eigenvalue weighted by atomic mass is 10.2. The fourth-order valence-corrected chi connectivity index (χ4v) is 2.65. The van der Waals surface area contributed by atoms with Crippen molar-refractivity contribution in [2.24, 2.45) is 0 Å². The first-order valence-corrected chi connectivity index (χ1v) is 8.37. The van der Waals surface area contributed by atoms with Crippen molar-refractivity contribution in [1.82, 2.24) is 0 Å². The quantitative estimate of drug-likeness (QED) is 0.772. The van der Waals surface area contributed by atoms with E-state index >= 15 is 0 Å². The molecule has 0 unspecified atom stereocenters. The lowest BCUT2D eigenvalue weighted by molar-refractivity contribution is -0.125. The Morgan fingerprint density at radius 2 is 1.77 bits per heavy atom. The van der Waals surface area contributed by atoms with E-state index in [1.165, 1.54) is 7.11 Å². The molecule has 6 nitrogen and oxygen atoms in total. The minimum absolute atomic E-state index is 0.240. The second-order valence-electron chi connectivity index (χ2n) is 5.77. The number of amides is 2. The van der Waals surface area contributed by atoms with E-state index < -0.39 is 0 Å². The number of benzene rings is 2. The van der Waals surface area contributed by atoms with Gasteiger partial charge in [-0.3, -0.25) is 9.59 Å². The summed E-state index contributed by atoms with van der Waals surface area (Å²) in [5.74, 6) is 0.439. The monoisotopic (exact) mass is 356 g/mol. The van der Waals surface area contributed by atoms with Crippen LogP contribution in [0.15, 0.2) is 42.5 Å². The highest BCUT2D eigenvalue weighted by Gasteiger charge is 2.18. The summed E-state index contributed by atoms with van der Waals surface area (Å²) in [6, 6.07) is 12.7. The molecule has 1 N–H and O–H groups in total. The summed E-state index contributed by atoms with van der Waals surface area (Å²) in [6.07, 6.45) is -0.240. The number of hydrogen-bond acceptors (Lipinski definition) is 4. The average molecular weight is 356 g/mol. The highest BCUT2D eigenvalue weighted by molar-refractivity contribution is 6.09. The molecule has 6 heteroatoms. The molecule has 0 aliphatic heterocycles. The van der Waals surface area contributed by atoms with E-state index in [0.717, 1.165) is 11.3 Å². The van der Waals surface area contributed by atoms with Crippen molar-refractivity contribution < 1.29 is 19.1 Å². The maximum atomic E-state index is 12.5. The average Bonchev–Trinajstić information content (AvgIpc) is 2.62. The zero-order valence-corrected chi connectivity index (χ0v) is 15.5. The summed E-state index contributed by atoms with van der Waals surface area (Å²) in [4.78, 5) is 26.4. The first kappa shape index (κ1) is 19.3. The molecule has 2 amide bonds. The lowest BCUT2D eigenvalue weighted by Gasteiger charge is -2.21. The molecule has 2 aromatic carbocycles. The van der Waals surface area contributed by atoms with E-state index in [-0.39, 0.29) is 18.2 Å². The Kier molecular flexibility index (Phi) is 6.60. The van der Waals surface area contributed by atoms with Gasteiger partial charge in [-0.1, -0.05) is 12.1 Å². The fourth-order valence-electron chi connectivity index (χ4n) is 2.65. The van der Waals surface area contributed by atoms with E-state index in [1.54, 1.807) is 30.2 Å². The Hall–Kier alpha value is -3.02. The van der Waals surface area contributed by atoms with Gasteiger partial charge in [0.15, 0.2) is 11.5 Å². The number of anilines is 2. The van der Waals surface area contributed by atoms with Gasteiger partial charge in [-0.2, -0.15) is 0 Å². The van der Waals surface area contributed by atoms with Crippen molar-refractivity contribution in [1.29, 1.82) is 0 Å². The van der Waals surface area contributed by atoms with Crippen LogP contribution in [0.1, 0.15) is 18.9 Å². The number of nitrogens with one attached hydrogen (secondary N) is 1. The predicted octanol–water partition coefficient (Wildman–Crippen LogP) is 3.39. The molecular formula is C20H24N2O4. The van der Waals surface area contributed by atoms with Crippen molar-refractivity contribution in [3.8, 4) is 11.5 Å². The highest BCUT2D eigenvalue weighted by Crippen LogP contribution is 2.29. The van der Waals surface area contributed by atoms with E-state index in [0.29, 0.717) is 23.7 Å². The molecule has 0 bridgehead atoms. The molecule has 0 saturated carbocycles. The number of carbonyl (C=O) groups is 2. The summed E-state index contributed by atoms with van der Waals surface area (Å²) in [5.41, 5.74) is 2.39. The number of rotatable bonds is 7. The third-order valence-electron chi connectivity index (χ3n) is 3.91. The standard InChI is InChI=1S/C20H24N2O4/c1-5-22(16-8-6-7-14(2)11-16)20(24)13-19(23)21-15-9-10-17(25-3)18(12-15)26-4/h6-12H,5,13H2,1-4H3,(H,21,23). The summed E-state index contributed by atoms with van der Waals surface area (Å²) < 4.78 is 10.4. The summed E-state index contributed by atoms with van der Waals surface area (Å²) in [7, 11) is 3.06.